The molecule has 0 saturated carbocycles. The summed E-state index contributed by atoms with van der Waals surface area (Å²) in [5.41, 5.74) is 0. The lowest BCUT2D eigenvalue weighted by molar-refractivity contribution is -0.141. The van der Waals surface area contributed by atoms with E-state index in [1.54, 1.807) is 0 Å². The van der Waals surface area contributed by atoms with E-state index in [9.17, 15) is 4.79 Å². The Labute approximate surface area is 94.3 Å². The number of halogens is 1. The van der Waals surface area contributed by atoms with Gasteiger partial charge in [0.2, 0.25) is 0 Å². The highest BCUT2D eigenvalue weighted by molar-refractivity contribution is 9.10. The number of hydrogen-bond donors (Lipinski definition) is 0. The highest BCUT2D eigenvalue weighted by atomic mass is 79.9. The second-order valence-corrected chi connectivity index (χ2v) is 4.87. The molecule has 0 rings (SSSR count). The molecule has 0 radical (unpaired) electrons. The third kappa shape index (κ3) is 6.38. The van der Waals surface area contributed by atoms with Gasteiger partial charge in [-0.2, -0.15) is 0 Å². The first-order valence-electron chi connectivity index (χ1n) is 4.80. The summed E-state index contributed by atoms with van der Waals surface area (Å²) in [5.74, 6) is 0.318. The van der Waals surface area contributed by atoms with Gasteiger partial charge < -0.3 is 9.47 Å². The topological polar surface area (TPSA) is 35.5 Å². The Kier molecular flexibility index (Phi) is 7.19. The molecule has 0 aromatic carbocycles. The van der Waals surface area contributed by atoms with Gasteiger partial charge in [-0.25, -0.2) is 0 Å². The van der Waals surface area contributed by atoms with Crippen molar-refractivity contribution in [3.05, 3.63) is 0 Å². The maximum atomic E-state index is 11.0. The molecule has 0 saturated heterocycles. The predicted molar refractivity (Wildman–Crippen MR) is 59.6 cm³/mol. The van der Waals surface area contributed by atoms with Gasteiger partial charge in [0.15, 0.2) is 0 Å². The van der Waals surface area contributed by atoms with Crippen molar-refractivity contribution < 1.29 is 14.3 Å². The Morgan fingerprint density at radius 1 is 1.36 bits per heavy atom. The second kappa shape index (κ2) is 7.23. The molecule has 0 bridgehead atoms. The summed E-state index contributed by atoms with van der Waals surface area (Å²) in [6.07, 6.45) is 1.18. The number of carbonyl (C=O) groups is 1. The van der Waals surface area contributed by atoms with E-state index < -0.39 is 0 Å². The van der Waals surface area contributed by atoms with Crippen molar-refractivity contribution in [2.24, 2.45) is 5.92 Å². The fourth-order valence-corrected chi connectivity index (χ4v) is 1.52. The molecular weight excluding hydrogens is 248 g/mol. The lowest BCUT2D eigenvalue weighted by Crippen LogP contribution is -2.24. The zero-order valence-electron chi connectivity index (χ0n) is 9.25. The SMILES string of the molecule is COC(=O)C(Br)COC(C)CC(C)C. The fourth-order valence-electron chi connectivity index (χ4n) is 1.18. The van der Waals surface area contributed by atoms with Crippen LogP contribution in [-0.2, 0) is 14.3 Å². The van der Waals surface area contributed by atoms with E-state index in [4.69, 9.17) is 4.74 Å². The van der Waals surface area contributed by atoms with Crippen LogP contribution in [0.1, 0.15) is 27.2 Å². The average molecular weight is 267 g/mol. The van der Waals surface area contributed by atoms with E-state index in [0.29, 0.717) is 12.5 Å². The maximum absolute atomic E-state index is 11.0. The van der Waals surface area contributed by atoms with E-state index in [0.717, 1.165) is 6.42 Å². The molecule has 84 valence electrons. The third-order valence-corrected chi connectivity index (χ3v) is 2.43. The molecule has 3 nitrogen and oxygen atoms in total. The summed E-state index contributed by atoms with van der Waals surface area (Å²) in [5, 5.41) is 0. The smallest absolute Gasteiger partial charge is 0.321 e. The van der Waals surface area contributed by atoms with Crippen molar-refractivity contribution in [1.82, 2.24) is 0 Å². The molecule has 0 aliphatic carbocycles. The van der Waals surface area contributed by atoms with E-state index in [1.165, 1.54) is 7.11 Å². The van der Waals surface area contributed by atoms with Gasteiger partial charge in [0.1, 0.15) is 4.83 Å². The quantitative estimate of drug-likeness (QED) is 0.547. The zero-order chi connectivity index (χ0) is 11.1. The summed E-state index contributed by atoms with van der Waals surface area (Å²) in [6.45, 7) is 6.66. The first-order valence-corrected chi connectivity index (χ1v) is 5.72. The van der Waals surface area contributed by atoms with E-state index in [2.05, 4.69) is 34.5 Å². The van der Waals surface area contributed by atoms with Gasteiger partial charge in [0.05, 0.1) is 19.8 Å². The van der Waals surface area contributed by atoms with Gasteiger partial charge in [-0.15, -0.1) is 0 Å². The van der Waals surface area contributed by atoms with Crippen LogP contribution >= 0.6 is 15.9 Å². The first kappa shape index (κ1) is 13.9. The van der Waals surface area contributed by atoms with Gasteiger partial charge in [-0.1, -0.05) is 29.8 Å². The van der Waals surface area contributed by atoms with Gasteiger partial charge in [0.25, 0.3) is 0 Å². The van der Waals surface area contributed by atoms with Crippen LogP contribution in [0.5, 0.6) is 0 Å². The molecule has 0 N–H and O–H groups in total. The van der Waals surface area contributed by atoms with Gasteiger partial charge in [-0.3, -0.25) is 4.79 Å². The maximum Gasteiger partial charge on any atom is 0.321 e. The second-order valence-electron chi connectivity index (χ2n) is 3.76. The Morgan fingerprint density at radius 2 is 1.93 bits per heavy atom. The van der Waals surface area contributed by atoms with Crippen LogP contribution in [0.3, 0.4) is 0 Å². The molecule has 0 aliphatic rings. The van der Waals surface area contributed by atoms with Gasteiger partial charge in [0, 0.05) is 0 Å². The summed E-state index contributed by atoms with van der Waals surface area (Å²) < 4.78 is 10.0. The zero-order valence-corrected chi connectivity index (χ0v) is 10.8. The van der Waals surface area contributed by atoms with Crippen molar-refractivity contribution >= 4 is 21.9 Å². The minimum absolute atomic E-state index is 0.180. The molecule has 0 aliphatic heterocycles. The number of alkyl halides is 1. The lowest BCUT2D eigenvalue weighted by atomic mass is 10.1. The highest BCUT2D eigenvalue weighted by Crippen LogP contribution is 2.10. The molecule has 14 heavy (non-hydrogen) atoms. The van der Waals surface area contributed by atoms with Crippen molar-refractivity contribution in [2.75, 3.05) is 13.7 Å². The average Bonchev–Trinajstić information content (AvgIpc) is 2.11. The van der Waals surface area contributed by atoms with Gasteiger partial charge in [-0.05, 0) is 19.3 Å². The Morgan fingerprint density at radius 3 is 2.36 bits per heavy atom. The number of carbonyl (C=O) groups excluding carboxylic acids is 1. The van der Waals surface area contributed by atoms with Crippen LogP contribution in [0.4, 0.5) is 0 Å². The summed E-state index contributed by atoms with van der Waals surface area (Å²) in [7, 11) is 1.37. The number of hydrogen-bond acceptors (Lipinski definition) is 3. The molecule has 0 fully saturated rings. The van der Waals surface area contributed by atoms with Crippen LogP contribution in [0.25, 0.3) is 0 Å². The number of ether oxygens (including phenoxy) is 2. The molecule has 2 atom stereocenters. The van der Waals surface area contributed by atoms with E-state index in [1.807, 2.05) is 6.92 Å². The molecule has 0 heterocycles. The largest absolute Gasteiger partial charge is 0.468 e. The monoisotopic (exact) mass is 266 g/mol. The minimum atomic E-state index is -0.359. The third-order valence-electron chi connectivity index (χ3n) is 1.79. The Balaban J connectivity index is 3.65. The van der Waals surface area contributed by atoms with Crippen LogP contribution in [0, 0.1) is 5.92 Å². The molecule has 4 heteroatoms. The Bertz CT molecular complexity index is 171. The van der Waals surface area contributed by atoms with Crippen molar-refractivity contribution in [3.8, 4) is 0 Å². The first-order chi connectivity index (χ1) is 6.47. The number of esters is 1. The summed E-state index contributed by atoms with van der Waals surface area (Å²) >= 11 is 3.20. The predicted octanol–water partition coefficient (Wildman–Crippen LogP) is 2.37. The Hall–Kier alpha value is -0.0900. The van der Waals surface area contributed by atoms with E-state index >= 15 is 0 Å². The van der Waals surface area contributed by atoms with Crippen molar-refractivity contribution in [2.45, 2.75) is 38.1 Å². The lowest BCUT2D eigenvalue weighted by Gasteiger charge is -2.16. The molecule has 0 spiro atoms. The normalized spacial score (nSPS) is 15.3. The minimum Gasteiger partial charge on any atom is -0.468 e. The van der Waals surface area contributed by atoms with Gasteiger partial charge >= 0.3 is 5.97 Å². The van der Waals surface area contributed by atoms with Crippen LogP contribution in [-0.4, -0.2) is 30.6 Å². The molecular formula is C10H19BrO3. The van der Waals surface area contributed by atoms with Crippen LogP contribution in [0.15, 0.2) is 0 Å². The molecule has 2 unspecified atom stereocenters. The molecule has 0 aromatic rings. The molecule has 0 aromatic heterocycles. The summed E-state index contributed by atoms with van der Waals surface area (Å²) in [4.78, 5) is 10.6. The molecule has 0 amide bonds. The van der Waals surface area contributed by atoms with Crippen molar-refractivity contribution in [1.29, 1.82) is 0 Å². The van der Waals surface area contributed by atoms with E-state index in [-0.39, 0.29) is 16.9 Å². The van der Waals surface area contributed by atoms with Crippen LogP contribution < -0.4 is 0 Å². The number of rotatable bonds is 6. The highest BCUT2D eigenvalue weighted by Gasteiger charge is 2.16. The van der Waals surface area contributed by atoms with Crippen molar-refractivity contribution in [3.63, 3.8) is 0 Å². The van der Waals surface area contributed by atoms with Crippen LogP contribution in [0.2, 0.25) is 0 Å². The standard InChI is InChI=1S/C10H19BrO3/c1-7(2)5-8(3)14-6-9(11)10(12)13-4/h7-9H,5-6H2,1-4H3. The number of methoxy groups -OCH3 is 1. The fraction of sp³-hybridized carbons (Fsp3) is 0.900. The summed E-state index contributed by atoms with van der Waals surface area (Å²) in [6, 6.07) is 0.